The topological polar surface area (TPSA) is 104 Å². The van der Waals surface area contributed by atoms with Gasteiger partial charge in [0.15, 0.2) is 6.61 Å². The lowest BCUT2D eigenvalue weighted by molar-refractivity contribution is -0.144. The Kier molecular flexibility index (Phi) is 4.98. The Balaban J connectivity index is 1.34. The highest BCUT2D eigenvalue weighted by atomic mass is 32.1. The minimum atomic E-state index is -0.418. The summed E-state index contributed by atoms with van der Waals surface area (Å²) in [6.45, 7) is 3.56. The molecular weight excluding hydrogens is 380 g/mol. The van der Waals surface area contributed by atoms with Crippen LogP contribution in [0.3, 0.4) is 0 Å². The van der Waals surface area contributed by atoms with Crippen molar-refractivity contribution < 1.29 is 18.4 Å². The van der Waals surface area contributed by atoms with Gasteiger partial charge in [0.05, 0.1) is 17.7 Å². The fourth-order valence-electron chi connectivity index (χ4n) is 2.62. The molecule has 0 amide bonds. The minimum absolute atomic E-state index is 0.0673. The number of hydrogen-bond acceptors (Lipinski definition) is 9. The van der Waals surface area contributed by atoms with E-state index in [-0.39, 0.29) is 18.9 Å². The van der Waals surface area contributed by atoms with Gasteiger partial charge in [0.1, 0.15) is 16.5 Å². The van der Waals surface area contributed by atoms with Crippen LogP contribution < -0.4 is 0 Å². The van der Waals surface area contributed by atoms with Crippen LogP contribution in [0.5, 0.6) is 0 Å². The summed E-state index contributed by atoms with van der Waals surface area (Å²) in [5.74, 6) is 1.58. The van der Waals surface area contributed by atoms with E-state index in [9.17, 15) is 4.79 Å². The molecule has 0 fully saturated rings. The molecule has 0 aliphatic rings. The van der Waals surface area contributed by atoms with Gasteiger partial charge < -0.3 is 13.6 Å². The largest absolute Gasteiger partial charge is 0.466 e. The summed E-state index contributed by atoms with van der Waals surface area (Å²) in [6.07, 6.45) is 3.50. The number of furan rings is 1. The number of aryl methyl sites for hydroxylation is 2. The predicted molar refractivity (Wildman–Crippen MR) is 100 cm³/mol. The molecule has 0 aliphatic heterocycles. The van der Waals surface area contributed by atoms with Crippen molar-refractivity contribution in [1.29, 1.82) is 0 Å². The molecule has 4 aromatic heterocycles. The summed E-state index contributed by atoms with van der Waals surface area (Å²) in [5, 5.41) is 10.5. The molecule has 0 radical (unpaired) electrons. The van der Waals surface area contributed by atoms with E-state index in [1.165, 1.54) is 11.3 Å². The minimum Gasteiger partial charge on any atom is -0.466 e. The number of pyridine rings is 1. The molecule has 4 rings (SSSR count). The van der Waals surface area contributed by atoms with E-state index in [1.807, 2.05) is 37.4 Å². The summed E-state index contributed by atoms with van der Waals surface area (Å²) < 4.78 is 16.2. The normalized spacial score (nSPS) is 10.9. The number of aromatic nitrogens is 4. The molecule has 0 spiro atoms. The standard InChI is InChI=1S/C19H16N4O4S/c1-11-6-15(12(2)26-11)18-23-22-16(27-18)9-25-17(24)7-14-10-28-19(21-14)13-4-3-5-20-8-13/h3-6,8,10H,7,9H2,1-2H3. The highest BCUT2D eigenvalue weighted by Gasteiger charge is 2.16. The monoisotopic (exact) mass is 396 g/mol. The van der Waals surface area contributed by atoms with Crippen molar-refractivity contribution in [3.63, 3.8) is 0 Å². The van der Waals surface area contributed by atoms with Crippen LogP contribution >= 0.6 is 11.3 Å². The summed E-state index contributed by atoms with van der Waals surface area (Å²) in [7, 11) is 0. The summed E-state index contributed by atoms with van der Waals surface area (Å²) in [5.41, 5.74) is 2.29. The highest BCUT2D eigenvalue weighted by molar-refractivity contribution is 7.13. The molecule has 4 heterocycles. The number of esters is 1. The molecule has 0 aliphatic carbocycles. The fourth-order valence-corrected chi connectivity index (χ4v) is 3.43. The van der Waals surface area contributed by atoms with Gasteiger partial charge in [-0.05, 0) is 32.0 Å². The zero-order valence-electron chi connectivity index (χ0n) is 15.2. The van der Waals surface area contributed by atoms with Crippen LogP contribution in [0, 0.1) is 13.8 Å². The number of carbonyl (C=O) groups excluding carboxylic acids is 1. The van der Waals surface area contributed by atoms with Gasteiger partial charge in [0, 0.05) is 23.3 Å². The molecular formula is C19H16N4O4S. The third-order valence-electron chi connectivity index (χ3n) is 3.88. The van der Waals surface area contributed by atoms with Crippen LogP contribution in [0.25, 0.3) is 22.0 Å². The maximum Gasteiger partial charge on any atom is 0.312 e. The zero-order chi connectivity index (χ0) is 19.5. The Morgan fingerprint density at radius 1 is 1.25 bits per heavy atom. The predicted octanol–water partition coefficient (Wildman–Crippen LogP) is 3.75. The van der Waals surface area contributed by atoms with Gasteiger partial charge in [-0.3, -0.25) is 9.78 Å². The van der Waals surface area contributed by atoms with E-state index in [0.717, 1.165) is 21.9 Å². The van der Waals surface area contributed by atoms with Gasteiger partial charge in [-0.2, -0.15) is 0 Å². The SMILES string of the molecule is Cc1cc(-c2nnc(COC(=O)Cc3csc(-c4cccnc4)n3)o2)c(C)o1. The smallest absolute Gasteiger partial charge is 0.312 e. The second kappa shape index (κ2) is 7.73. The molecule has 0 N–H and O–H groups in total. The maximum atomic E-state index is 12.1. The van der Waals surface area contributed by atoms with E-state index >= 15 is 0 Å². The van der Waals surface area contributed by atoms with Gasteiger partial charge in [-0.25, -0.2) is 4.98 Å². The highest BCUT2D eigenvalue weighted by Crippen LogP contribution is 2.26. The van der Waals surface area contributed by atoms with Crippen molar-refractivity contribution in [3.8, 4) is 22.0 Å². The zero-order valence-corrected chi connectivity index (χ0v) is 16.0. The number of carbonyl (C=O) groups is 1. The van der Waals surface area contributed by atoms with Crippen LogP contribution in [0.2, 0.25) is 0 Å². The molecule has 0 bridgehead atoms. The first kappa shape index (κ1) is 18.1. The van der Waals surface area contributed by atoms with E-state index in [2.05, 4.69) is 20.2 Å². The van der Waals surface area contributed by atoms with Gasteiger partial charge in [0.25, 0.3) is 11.8 Å². The fraction of sp³-hybridized carbons (Fsp3) is 0.211. The number of ether oxygens (including phenoxy) is 1. The van der Waals surface area contributed by atoms with Crippen LogP contribution in [0.4, 0.5) is 0 Å². The van der Waals surface area contributed by atoms with Gasteiger partial charge in [0.2, 0.25) is 0 Å². The first-order valence-corrected chi connectivity index (χ1v) is 9.36. The van der Waals surface area contributed by atoms with E-state index < -0.39 is 5.97 Å². The third-order valence-corrected chi connectivity index (χ3v) is 4.82. The molecule has 0 saturated heterocycles. The van der Waals surface area contributed by atoms with Gasteiger partial charge in [-0.15, -0.1) is 21.5 Å². The number of rotatable bonds is 6. The average Bonchev–Trinajstić information content (AvgIpc) is 3.41. The Labute approximate surface area is 164 Å². The van der Waals surface area contributed by atoms with Crippen molar-refractivity contribution in [2.24, 2.45) is 0 Å². The van der Waals surface area contributed by atoms with Crippen LogP contribution in [0.15, 0.2) is 44.8 Å². The second-order valence-electron chi connectivity index (χ2n) is 6.05. The van der Waals surface area contributed by atoms with Crippen molar-refractivity contribution in [3.05, 3.63) is 59.1 Å². The van der Waals surface area contributed by atoms with E-state index in [4.69, 9.17) is 13.6 Å². The Bertz CT molecular complexity index is 1100. The van der Waals surface area contributed by atoms with Crippen LogP contribution in [-0.2, 0) is 22.6 Å². The van der Waals surface area contributed by atoms with Crippen molar-refractivity contribution in [1.82, 2.24) is 20.2 Å². The number of hydrogen-bond donors (Lipinski definition) is 0. The molecule has 9 heteroatoms. The average molecular weight is 396 g/mol. The summed E-state index contributed by atoms with van der Waals surface area (Å²) in [4.78, 5) is 20.6. The molecule has 0 saturated carbocycles. The maximum absolute atomic E-state index is 12.1. The van der Waals surface area contributed by atoms with Crippen LogP contribution in [-0.4, -0.2) is 26.1 Å². The summed E-state index contributed by atoms with van der Waals surface area (Å²) >= 11 is 1.45. The quantitative estimate of drug-likeness (QED) is 0.454. The lowest BCUT2D eigenvalue weighted by atomic mass is 10.2. The lowest BCUT2D eigenvalue weighted by Gasteiger charge is -2.00. The molecule has 0 aromatic carbocycles. The molecule has 4 aromatic rings. The molecule has 0 unspecified atom stereocenters. The second-order valence-corrected chi connectivity index (χ2v) is 6.91. The Hall–Kier alpha value is -3.33. The van der Waals surface area contributed by atoms with E-state index in [1.54, 1.807) is 12.4 Å². The summed E-state index contributed by atoms with van der Waals surface area (Å²) in [6, 6.07) is 5.58. The van der Waals surface area contributed by atoms with Crippen molar-refractivity contribution in [2.45, 2.75) is 26.9 Å². The number of nitrogens with zero attached hydrogens (tertiary/aromatic N) is 4. The Morgan fingerprint density at radius 2 is 2.14 bits per heavy atom. The van der Waals surface area contributed by atoms with Crippen molar-refractivity contribution >= 4 is 17.3 Å². The lowest BCUT2D eigenvalue weighted by Crippen LogP contribution is -2.08. The van der Waals surface area contributed by atoms with Crippen molar-refractivity contribution in [2.75, 3.05) is 0 Å². The third kappa shape index (κ3) is 3.99. The van der Waals surface area contributed by atoms with Gasteiger partial charge in [-0.1, -0.05) is 0 Å². The Morgan fingerprint density at radius 3 is 2.89 bits per heavy atom. The van der Waals surface area contributed by atoms with Gasteiger partial charge >= 0.3 is 5.97 Å². The molecule has 8 nitrogen and oxygen atoms in total. The number of thiazole rings is 1. The van der Waals surface area contributed by atoms with Crippen LogP contribution in [0.1, 0.15) is 23.1 Å². The molecule has 0 atom stereocenters. The molecule has 142 valence electrons. The first-order chi connectivity index (χ1) is 13.6. The first-order valence-electron chi connectivity index (χ1n) is 8.48. The molecule has 28 heavy (non-hydrogen) atoms. The van der Waals surface area contributed by atoms with E-state index in [0.29, 0.717) is 17.3 Å².